The highest BCUT2D eigenvalue weighted by molar-refractivity contribution is 14.1. The average molecular weight is 713 g/mol. The van der Waals surface area contributed by atoms with Gasteiger partial charge in [0.2, 0.25) is 5.91 Å². The van der Waals surface area contributed by atoms with Gasteiger partial charge in [-0.15, -0.1) is 0 Å². The van der Waals surface area contributed by atoms with E-state index in [4.69, 9.17) is 14.0 Å². The van der Waals surface area contributed by atoms with Crippen molar-refractivity contribution in [3.05, 3.63) is 40.0 Å². The Hall–Kier alpha value is -0.983. The van der Waals surface area contributed by atoms with E-state index in [0.29, 0.717) is 42.9 Å². The standard InChI is InChI=1S/C33H53IN2O5Si/c1-11-15-39-30-22(13-12-14-25(30)34)18-36-29(31(38)35-26-17-23-16-24(20(26)2)33(23,7)8)28(21(3)37)27(41-36)19-40-42(9,10)32(4,5)6/h11-14,20-21,23-24,26-29,37H,1,15-19H2,2-10H3,(H,35,38)/t20-,21-,23-,24+,26-,27-,28+,29-/m0/s1. The minimum Gasteiger partial charge on any atom is -0.488 e. The highest BCUT2D eigenvalue weighted by Crippen LogP contribution is 2.61. The molecule has 3 saturated carbocycles. The van der Waals surface area contributed by atoms with Crippen LogP contribution in [-0.4, -0.2) is 61.9 Å². The van der Waals surface area contributed by atoms with Gasteiger partial charge >= 0.3 is 0 Å². The summed E-state index contributed by atoms with van der Waals surface area (Å²) in [6.45, 7) is 24.7. The van der Waals surface area contributed by atoms with Gasteiger partial charge in [0, 0.05) is 17.5 Å². The Bertz CT molecular complexity index is 1140. The van der Waals surface area contributed by atoms with Crippen LogP contribution in [0.2, 0.25) is 18.1 Å². The van der Waals surface area contributed by atoms with Gasteiger partial charge in [-0.3, -0.25) is 9.63 Å². The molecule has 2 bridgehead atoms. The summed E-state index contributed by atoms with van der Waals surface area (Å²) >= 11 is 2.27. The summed E-state index contributed by atoms with van der Waals surface area (Å²) in [5.74, 6) is 1.90. The minimum absolute atomic E-state index is 0.0340. The fourth-order valence-corrected chi connectivity index (χ4v) is 8.85. The van der Waals surface area contributed by atoms with Crippen molar-refractivity contribution < 1.29 is 23.9 Å². The van der Waals surface area contributed by atoms with E-state index >= 15 is 0 Å². The van der Waals surface area contributed by atoms with Crippen LogP contribution >= 0.6 is 22.6 Å². The van der Waals surface area contributed by atoms with Crippen molar-refractivity contribution in [3.8, 4) is 5.75 Å². The predicted molar refractivity (Wildman–Crippen MR) is 178 cm³/mol. The van der Waals surface area contributed by atoms with Crippen molar-refractivity contribution in [2.75, 3.05) is 13.2 Å². The topological polar surface area (TPSA) is 80.3 Å². The van der Waals surface area contributed by atoms with Crippen LogP contribution in [0.25, 0.3) is 0 Å². The van der Waals surface area contributed by atoms with Crippen LogP contribution in [0.1, 0.15) is 66.9 Å². The number of hydroxylamine groups is 2. The van der Waals surface area contributed by atoms with Crippen molar-refractivity contribution >= 4 is 36.8 Å². The van der Waals surface area contributed by atoms with Crippen molar-refractivity contribution in [1.29, 1.82) is 0 Å². The number of fused-ring (bicyclic) bond motifs is 2. The fraction of sp³-hybridized carbons (Fsp3) is 0.727. The zero-order valence-corrected chi connectivity index (χ0v) is 30.2. The lowest BCUT2D eigenvalue weighted by Crippen LogP contribution is -2.62. The summed E-state index contributed by atoms with van der Waals surface area (Å²) in [7, 11) is -2.09. The second-order valence-electron chi connectivity index (χ2n) is 15.0. The number of rotatable bonds is 11. The molecule has 3 aliphatic carbocycles. The van der Waals surface area contributed by atoms with Gasteiger partial charge in [0.05, 0.1) is 22.8 Å². The molecule has 0 spiro atoms. The molecule has 4 aliphatic rings. The molecule has 42 heavy (non-hydrogen) atoms. The highest BCUT2D eigenvalue weighted by Gasteiger charge is 2.57. The molecule has 1 aliphatic heterocycles. The number of carbonyl (C=O) groups is 1. The number of aliphatic hydroxyl groups is 1. The molecular weight excluding hydrogens is 659 g/mol. The van der Waals surface area contributed by atoms with Crippen LogP contribution in [-0.2, 0) is 20.6 Å². The number of nitrogens with zero attached hydrogens (tertiary/aromatic N) is 1. The molecule has 1 heterocycles. The zero-order valence-electron chi connectivity index (χ0n) is 27.1. The first-order valence-corrected chi connectivity index (χ1v) is 19.5. The molecule has 0 radical (unpaired) electrons. The number of hydrogen-bond donors (Lipinski definition) is 2. The fourth-order valence-electron chi connectivity index (χ4n) is 7.13. The number of ether oxygens (including phenoxy) is 1. The zero-order chi connectivity index (χ0) is 31.2. The van der Waals surface area contributed by atoms with Crippen molar-refractivity contribution in [3.63, 3.8) is 0 Å². The van der Waals surface area contributed by atoms with E-state index in [1.54, 1.807) is 18.1 Å². The number of amides is 1. The number of hydrogen-bond acceptors (Lipinski definition) is 6. The Morgan fingerprint density at radius 1 is 1.33 bits per heavy atom. The molecule has 1 saturated heterocycles. The molecule has 236 valence electrons. The van der Waals surface area contributed by atoms with Crippen molar-refractivity contribution in [1.82, 2.24) is 10.4 Å². The molecule has 4 fully saturated rings. The lowest BCUT2D eigenvalue weighted by Gasteiger charge is -2.62. The van der Waals surface area contributed by atoms with Gasteiger partial charge < -0.3 is 19.6 Å². The number of halogens is 1. The highest BCUT2D eigenvalue weighted by atomic mass is 127. The van der Waals surface area contributed by atoms with Crippen LogP contribution in [0, 0.1) is 32.7 Å². The van der Waals surface area contributed by atoms with Crippen molar-refractivity contribution in [2.45, 2.75) is 110 Å². The molecule has 7 nitrogen and oxygen atoms in total. The van der Waals surface area contributed by atoms with Crippen LogP contribution in [0.4, 0.5) is 0 Å². The molecule has 0 unspecified atom stereocenters. The summed E-state index contributed by atoms with van der Waals surface area (Å²) in [4.78, 5) is 20.9. The summed E-state index contributed by atoms with van der Waals surface area (Å²) in [5, 5.41) is 16.4. The van der Waals surface area contributed by atoms with E-state index < -0.39 is 32.5 Å². The van der Waals surface area contributed by atoms with Crippen LogP contribution < -0.4 is 10.1 Å². The van der Waals surface area contributed by atoms with Gasteiger partial charge in [0.15, 0.2) is 8.32 Å². The first-order chi connectivity index (χ1) is 19.5. The van der Waals surface area contributed by atoms with Crippen LogP contribution in [0.15, 0.2) is 30.9 Å². The van der Waals surface area contributed by atoms with Gasteiger partial charge in [0.25, 0.3) is 0 Å². The number of carbonyl (C=O) groups excluding carboxylic acids is 1. The van der Waals surface area contributed by atoms with E-state index in [9.17, 15) is 9.90 Å². The quantitative estimate of drug-likeness (QED) is 0.154. The third-order valence-electron chi connectivity index (χ3n) is 11.0. The smallest absolute Gasteiger partial charge is 0.240 e. The maximum absolute atomic E-state index is 14.3. The third-order valence-corrected chi connectivity index (χ3v) is 16.4. The van der Waals surface area contributed by atoms with Gasteiger partial charge in [-0.05, 0) is 89.7 Å². The summed E-state index contributed by atoms with van der Waals surface area (Å²) in [5.41, 5.74) is 1.26. The largest absolute Gasteiger partial charge is 0.488 e. The molecule has 1 aromatic rings. The van der Waals surface area contributed by atoms with Gasteiger partial charge in [-0.2, -0.15) is 5.06 Å². The van der Waals surface area contributed by atoms with Crippen LogP contribution in [0.5, 0.6) is 5.75 Å². The maximum Gasteiger partial charge on any atom is 0.240 e. The summed E-state index contributed by atoms with van der Waals surface area (Å²) in [6, 6.07) is 5.46. The lowest BCUT2D eigenvalue weighted by molar-refractivity contribution is -0.182. The molecule has 5 rings (SSSR count). The predicted octanol–water partition coefficient (Wildman–Crippen LogP) is 6.55. The van der Waals surface area contributed by atoms with Gasteiger partial charge in [-0.1, -0.05) is 66.3 Å². The summed E-state index contributed by atoms with van der Waals surface area (Å²) < 4.78 is 13.6. The Morgan fingerprint density at radius 2 is 2.02 bits per heavy atom. The van der Waals surface area contributed by atoms with E-state index in [1.165, 1.54) is 6.42 Å². The van der Waals surface area contributed by atoms with Gasteiger partial charge in [0.1, 0.15) is 24.5 Å². The monoisotopic (exact) mass is 712 g/mol. The molecule has 1 amide bonds. The third kappa shape index (κ3) is 6.66. The second kappa shape index (κ2) is 12.8. The Labute approximate surface area is 268 Å². The molecule has 8 atom stereocenters. The Balaban J connectivity index is 1.62. The Morgan fingerprint density at radius 3 is 2.60 bits per heavy atom. The lowest BCUT2D eigenvalue weighted by atomic mass is 9.45. The number of para-hydroxylation sites is 1. The minimum atomic E-state index is -2.09. The van der Waals surface area contributed by atoms with Gasteiger partial charge in [-0.25, -0.2) is 0 Å². The average Bonchev–Trinajstić information content (AvgIpc) is 3.26. The SMILES string of the molecule is C=CCOc1c(I)cccc1CN1O[C@@H](CO[Si](C)(C)C(C)(C)C)[C@@H]([C@H](C)O)[C@H]1C(=O)N[C@H]1C[C@@H]2C[C@H]([C@@H]1C)C2(C)C. The summed E-state index contributed by atoms with van der Waals surface area (Å²) in [6.07, 6.45) is 2.76. The number of nitrogens with one attached hydrogen (secondary N) is 1. The van der Waals surface area contributed by atoms with Crippen LogP contribution in [0.3, 0.4) is 0 Å². The molecular formula is C33H53IN2O5Si. The second-order valence-corrected chi connectivity index (χ2v) is 20.9. The first-order valence-electron chi connectivity index (χ1n) is 15.6. The first kappa shape index (κ1) is 33.9. The molecule has 9 heteroatoms. The van der Waals surface area contributed by atoms with E-state index in [0.717, 1.165) is 21.3 Å². The maximum atomic E-state index is 14.3. The molecule has 1 aromatic carbocycles. The van der Waals surface area contributed by atoms with E-state index in [-0.39, 0.29) is 17.0 Å². The van der Waals surface area contributed by atoms with Crippen molar-refractivity contribution in [2.24, 2.45) is 29.1 Å². The normalized spacial score (nSPS) is 31.7. The Kier molecular flexibility index (Phi) is 10.3. The molecule has 0 aromatic heterocycles. The van der Waals surface area contributed by atoms with E-state index in [2.05, 4.69) is 89.1 Å². The number of aliphatic hydroxyl groups excluding tert-OH is 1. The van der Waals surface area contributed by atoms with E-state index in [1.807, 2.05) is 18.2 Å². The molecule has 2 N–H and O–H groups in total. The number of benzene rings is 1.